The Kier molecular flexibility index (Phi) is 5.97. The van der Waals surface area contributed by atoms with Gasteiger partial charge in [-0.1, -0.05) is 12.1 Å². The highest BCUT2D eigenvalue weighted by Gasteiger charge is 2.44. The number of hydrogen-bond acceptors (Lipinski definition) is 5. The van der Waals surface area contributed by atoms with Crippen molar-refractivity contribution in [3.63, 3.8) is 0 Å². The van der Waals surface area contributed by atoms with Crippen LogP contribution < -0.4 is 9.46 Å². The van der Waals surface area contributed by atoms with E-state index >= 15 is 0 Å². The summed E-state index contributed by atoms with van der Waals surface area (Å²) in [6, 6.07) is 11.5. The lowest BCUT2D eigenvalue weighted by Gasteiger charge is -2.33. The molecule has 1 aliphatic rings. The molecule has 0 aliphatic carbocycles. The predicted molar refractivity (Wildman–Crippen MR) is 97.9 cm³/mol. The van der Waals surface area contributed by atoms with Gasteiger partial charge in [0.25, 0.3) is 0 Å². The molecular formula is C19H20FNO6S. The van der Waals surface area contributed by atoms with E-state index in [0.717, 1.165) is 5.56 Å². The van der Waals surface area contributed by atoms with E-state index < -0.39 is 21.5 Å². The summed E-state index contributed by atoms with van der Waals surface area (Å²) >= 11 is 0. The summed E-state index contributed by atoms with van der Waals surface area (Å²) in [5.74, 6) is -1.18. The number of benzene rings is 2. The molecule has 150 valence electrons. The van der Waals surface area contributed by atoms with E-state index in [1.54, 1.807) is 12.1 Å². The van der Waals surface area contributed by atoms with Crippen molar-refractivity contribution in [1.82, 2.24) is 4.72 Å². The van der Waals surface area contributed by atoms with Gasteiger partial charge in [0.05, 0.1) is 11.5 Å². The van der Waals surface area contributed by atoms with Gasteiger partial charge in [0, 0.05) is 6.61 Å². The van der Waals surface area contributed by atoms with E-state index in [4.69, 9.17) is 9.47 Å². The average molecular weight is 409 g/mol. The van der Waals surface area contributed by atoms with Crippen molar-refractivity contribution in [3.05, 3.63) is 59.9 Å². The third kappa shape index (κ3) is 4.67. The molecule has 0 spiro atoms. The molecule has 1 saturated heterocycles. The highest BCUT2D eigenvalue weighted by molar-refractivity contribution is 7.89. The van der Waals surface area contributed by atoms with E-state index in [-0.39, 0.29) is 30.3 Å². The van der Waals surface area contributed by atoms with Gasteiger partial charge in [-0.15, -0.1) is 0 Å². The maximum Gasteiger partial charge on any atom is 0.327 e. The summed E-state index contributed by atoms with van der Waals surface area (Å²) in [4.78, 5) is 11.6. The van der Waals surface area contributed by atoms with Crippen LogP contribution in [0.25, 0.3) is 0 Å². The van der Waals surface area contributed by atoms with Crippen molar-refractivity contribution in [2.75, 3.05) is 13.2 Å². The fourth-order valence-corrected chi connectivity index (χ4v) is 4.24. The van der Waals surface area contributed by atoms with Crippen LogP contribution in [0.2, 0.25) is 0 Å². The Balaban J connectivity index is 1.69. The molecule has 28 heavy (non-hydrogen) atoms. The minimum atomic E-state index is -4.06. The SMILES string of the molecule is O=C(O)C1(NS(=O)(=O)c2ccc(OCc3ccc(F)cc3)cc2)CCCOC1. The van der Waals surface area contributed by atoms with Crippen molar-refractivity contribution in [2.45, 2.75) is 29.9 Å². The Morgan fingerprint density at radius 3 is 2.43 bits per heavy atom. The normalized spacial score (nSPS) is 19.9. The third-order valence-corrected chi connectivity index (χ3v) is 5.98. The molecule has 1 heterocycles. The molecule has 2 aromatic carbocycles. The highest BCUT2D eigenvalue weighted by atomic mass is 32.2. The Hall–Kier alpha value is -2.49. The van der Waals surface area contributed by atoms with E-state index in [1.165, 1.54) is 36.4 Å². The number of carboxylic acids is 1. The van der Waals surface area contributed by atoms with E-state index in [2.05, 4.69) is 4.72 Å². The Morgan fingerprint density at radius 1 is 1.18 bits per heavy atom. The van der Waals surface area contributed by atoms with Gasteiger partial charge < -0.3 is 14.6 Å². The summed E-state index contributed by atoms with van der Waals surface area (Å²) in [5, 5.41) is 9.49. The first-order chi connectivity index (χ1) is 13.3. The summed E-state index contributed by atoms with van der Waals surface area (Å²) in [5.41, 5.74) is -0.907. The van der Waals surface area contributed by atoms with Gasteiger partial charge in [-0.2, -0.15) is 4.72 Å². The van der Waals surface area contributed by atoms with Crippen LogP contribution in [0.3, 0.4) is 0 Å². The first-order valence-corrected chi connectivity index (χ1v) is 10.1. The van der Waals surface area contributed by atoms with Gasteiger partial charge in [0.1, 0.15) is 18.2 Å². The fraction of sp³-hybridized carbons (Fsp3) is 0.316. The standard InChI is InChI=1S/C19H20FNO6S/c20-15-4-2-14(3-5-15)12-27-16-6-8-17(9-7-16)28(24,25)21-19(18(22)23)10-1-11-26-13-19/h2-9,21H,1,10-13H2,(H,22,23). The van der Waals surface area contributed by atoms with Crippen LogP contribution in [0.5, 0.6) is 5.75 Å². The third-order valence-electron chi connectivity index (χ3n) is 4.43. The largest absolute Gasteiger partial charge is 0.489 e. The summed E-state index contributed by atoms with van der Waals surface area (Å²) in [6.07, 6.45) is 0.603. The maximum atomic E-state index is 12.9. The molecular weight excluding hydrogens is 389 g/mol. The van der Waals surface area contributed by atoms with Gasteiger partial charge in [0.15, 0.2) is 5.54 Å². The lowest BCUT2D eigenvalue weighted by atomic mass is 9.94. The second kappa shape index (κ2) is 8.26. The zero-order valence-electron chi connectivity index (χ0n) is 14.9. The van der Waals surface area contributed by atoms with Crippen LogP contribution in [0.4, 0.5) is 4.39 Å². The number of sulfonamides is 1. The van der Waals surface area contributed by atoms with Gasteiger partial charge >= 0.3 is 5.97 Å². The zero-order chi connectivity index (χ0) is 20.2. The molecule has 9 heteroatoms. The van der Waals surface area contributed by atoms with Crippen LogP contribution in [-0.4, -0.2) is 38.2 Å². The number of rotatable bonds is 7. The molecule has 1 fully saturated rings. The molecule has 7 nitrogen and oxygen atoms in total. The number of aliphatic carboxylic acids is 1. The fourth-order valence-electron chi connectivity index (χ4n) is 2.87. The maximum absolute atomic E-state index is 12.9. The van der Waals surface area contributed by atoms with Crippen molar-refractivity contribution in [3.8, 4) is 5.75 Å². The number of hydrogen-bond donors (Lipinski definition) is 2. The van der Waals surface area contributed by atoms with Crippen LogP contribution >= 0.6 is 0 Å². The van der Waals surface area contributed by atoms with Gasteiger partial charge in [-0.25, -0.2) is 12.8 Å². The molecule has 0 saturated carbocycles. The Labute approximate surface area is 162 Å². The molecule has 2 aromatic rings. The predicted octanol–water partition coefficient (Wildman–Crippen LogP) is 2.32. The van der Waals surface area contributed by atoms with E-state index in [0.29, 0.717) is 18.8 Å². The lowest BCUT2D eigenvalue weighted by Crippen LogP contribution is -2.59. The smallest absolute Gasteiger partial charge is 0.327 e. The molecule has 1 atom stereocenters. The summed E-state index contributed by atoms with van der Waals surface area (Å²) in [6.45, 7) is 0.376. The van der Waals surface area contributed by atoms with Crippen LogP contribution in [-0.2, 0) is 26.2 Å². The number of nitrogens with one attached hydrogen (secondary N) is 1. The minimum Gasteiger partial charge on any atom is -0.489 e. The second-order valence-electron chi connectivity index (χ2n) is 6.54. The van der Waals surface area contributed by atoms with E-state index in [1.807, 2.05) is 0 Å². The molecule has 0 amide bonds. The van der Waals surface area contributed by atoms with Crippen molar-refractivity contribution >= 4 is 16.0 Å². The summed E-state index contributed by atoms with van der Waals surface area (Å²) in [7, 11) is -4.06. The molecule has 2 N–H and O–H groups in total. The molecule has 0 bridgehead atoms. The van der Waals surface area contributed by atoms with Crippen LogP contribution in [0.15, 0.2) is 53.4 Å². The molecule has 3 rings (SSSR count). The number of ether oxygens (including phenoxy) is 2. The number of carboxylic acid groups (broad SMARTS) is 1. The van der Waals surface area contributed by atoms with Gasteiger partial charge in [0.2, 0.25) is 10.0 Å². The topological polar surface area (TPSA) is 102 Å². The Bertz CT molecular complexity index is 922. The van der Waals surface area contributed by atoms with Crippen molar-refractivity contribution < 1.29 is 32.2 Å². The lowest BCUT2D eigenvalue weighted by molar-refractivity contribution is -0.149. The summed E-state index contributed by atoms with van der Waals surface area (Å²) < 4.78 is 51.2. The van der Waals surface area contributed by atoms with Gasteiger partial charge in [-0.05, 0) is 54.8 Å². The molecule has 1 unspecified atom stereocenters. The van der Waals surface area contributed by atoms with Crippen molar-refractivity contribution in [1.29, 1.82) is 0 Å². The van der Waals surface area contributed by atoms with Crippen LogP contribution in [0.1, 0.15) is 18.4 Å². The van der Waals surface area contributed by atoms with Gasteiger partial charge in [-0.3, -0.25) is 4.79 Å². The van der Waals surface area contributed by atoms with Crippen molar-refractivity contribution in [2.24, 2.45) is 0 Å². The van der Waals surface area contributed by atoms with E-state index in [9.17, 15) is 22.7 Å². The number of halogens is 1. The molecule has 0 aromatic heterocycles. The first-order valence-electron chi connectivity index (χ1n) is 8.63. The Morgan fingerprint density at radius 2 is 1.86 bits per heavy atom. The highest BCUT2D eigenvalue weighted by Crippen LogP contribution is 2.24. The first kappa shape index (κ1) is 20.2. The minimum absolute atomic E-state index is 0.0761. The monoisotopic (exact) mass is 409 g/mol. The number of carbonyl (C=O) groups is 1. The second-order valence-corrected chi connectivity index (χ2v) is 8.22. The zero-order valence-corrected chi connectivity index (χ0v) is 15.7. The average Bonchev–Trinajstić information content (AvgIpc) is 2.68. The quantitative estimate of drug-likeness (QED) is 0.728. The molecule has 0 radical (unpaired) electrons. The van der Waals surface area contributed by atoms with Crippen LogP contribution in [0, 0.1) is 5.82 Å². The molecule has 1 aliphatic heterocycles.